The van der Waals surface area contributed by atoms with Crippen molar-refractivity contribution in [2.24, 2.45) is 11.1 Å². The van der Waals surface area contributed by atoms with E-state index in [1.54, 1.807) is 6.21 Å². The number of allylic oxidation sites excluding steroid dienone is 4. The van der Waals surface area contributed by atoms with Crippen molar-refractivity contribution >= 4 is 29.4 Å². The van der Waals surface area contributed by atoms with E-state index in [0.717, 1.165) is 61.2 Å². The fraction of sp³-hybridized carbons (Fsp3) is 0.467. The van der Waals surface area contributed by atoms with Crippen LogP contribution in [-0.4, -0.2) is 84.9 Å². The number of nitrogens with one attached hydrogen (secondary N) is 1. The van der Waals surface area contributed by atoms with Gasteiger partial charge in [0.2, 0.25) is 5.82 Å². The van der Waals surface area contributed by atoms with Gasteiger partial charge in [-0.15, -0.1) is 10.2 Å². The molecule has 3 heterocycles. The third-order valence-electron chi connectivity index (χ3n) is 7.80. The molecule has 5 rings (SSSR count). The third kappa shape index (κ3) is 7.56. The molecule has 2 atom stereocenters. The van der Waals surface area contributed by atoms with E-state index in [2.05, 4.69) is 60.8 Å². The highest BCUT2D eigenvalue weighted by molar-refractivity contribution is 6.32. The summed E-state index contributed by atoms with van der Waals surface area (Å²) in [4.78, 5) is 25.0. The van der Waals surface area contributed by atoms with Crippen molar-refractivity contribution in [1.82, 2.24) is 35.1 Å². The second-order valence-corrected chi connectivity index (χ2v) is 11.0. The number of rotatable bonds is 14. The number of hydrogen-bond donors (Lipinski definition) is 2. The smallest absolute Gasteiger partial charge is 0.361 e. The van der Waals surface area contributed by atoms with Crippen LogP contribution in [0.1, 0.15) is 60.9 Å². The number of benzene rings is 1. The van der Waals surface area contributed by atoms with Crippen molar-refractivity contribution in [3.63, 3.8) is 0 Å². The van der Waals surface area contributed by atoms with Crippen molar-refractivity contribution < 1.29 is 19.5 Å². The average Bonchev–Trinajstić information content (AvgIpc) is 3.79. The zero-order valence-corrected chi connectivity index (χ0v) is 25.0. The number of H-pyrrole nitrogens is 1. The van der Waals surface area contributed by atoms with Gasteiger partial charge in [0.25, 0.3) is 6.79 Å². The molecule has 228 valence electrons. The zero-order chi connectivity index (χ0) is 30.0. The first kappa shape index (κ1) is 30.6. The minimum Gasteiger partial charge on any atom is -0.421 e. The largest absolute Gasteiger partial charge is 0.421 e. The minimum absolute atomic E-state index is 0.118. The Bertz CT molecular complexity index is 1450. The molecule has 2 unspecified atom stereocenters. The molecule has 0 bridgehead atoms. The fourth-order valence-electron chi connectivity index (χ4n) is 5.54. The third-order valence-corrected chi connectivity index (χ3v) is 8.06. The van der Waals surface area contributed by atoms with Crippen LogP contribution < -0.4 is 0 Å². The maximum atomic E-state index is 13.1. The lowest BCUT2D eigenvalue weighted by Gasteiger charge is -2.20. The number of carbonyl (C=O) groups is 1. The second kappa shape index (κ2) is 15.0. The number of aryl methyl sites for hydroxylation is 1. The number of ether oxygens (including phenoxy) is 1. The Hall–Kier alpha value is -3.87. The molecule has 1 aliphatic carbocycles. The molecule has 1 fully saturated rings. The normalized spacial score (nSPS) is 18.8. The number of carbonyl (C=O) groups excluding carboxylic acids is 1. The number of esters is 1. The fourth-order valence-corrected chi connectivity index (χ4v) is 5.81. The highest BCUT2D eigenvalue weighted by Crippen LogP contribution is 2.32. The summed E-state index contributed by atoms with van der Waals surface area (Å²) in [7, 11) is 0. The number of aliphatic hydroxyl groups is 1. The SMILES string of the molecule is CCCCc1nc(Cl)c(C(=O)OCO/N=C/CN2CCCC2CO)n1CC1C=CC(c2ccccc2-c2nn[nH]n2)=CC1. The van der Waals surface area contributed by atoms with E-state index in [1.807, 2.05) is 28.8 Å². The number of halogens is 1. The first-order chi connectivity index (χ1) is 21.1. The lowest BCUT2D eigenvalue weighted by molar-refractivity contribution is -0.0304. The van der Waals surface area contributed by atoms with Gasteiger partial charge in [0.1, 0.15) is 5.82 Å². The van der Waals surface area contributed by atoms with Crippen LogP contribution in [0.25, 0.3) is 17.0 Å². The van der Waals surface area contributed by atoms with Gasteiger partial charge in [0.15, 0.2) is 10.8 Å². The van der Waals surface area contributed by atoms with Crippen molar-refractivity contribution in [3.05, 3.63) is 64.7 Å². The molecule has 2 aromatic heterocycles. The van der Waals surface area contributed by atoms with Crippen LogP contribution in [0.15, 0.2) is 47.6 Å². The van der Waals surface area contributed by atoms with Crippen LogP contribution in [0, 0.1) is 5.92 Å². The average molecular weight is 609 g/mol. The summed E-state index contributed by atoms with van der Waals surface area (Å²) in [6.07, 6.45) is 13.4. The van der Waals surface area contributed by atoms with Gasteiger partial charge in [0, 0.05) is 31.1 Å². The molecule has 1 saturated heterocycles. The Morgan fingerprint density at radius 2 is 2.16 bits per heavy atom. The molecule has 2 N–H and O–H groups in total. The zero-order valence-electron chi connectivity index (χ0n) is 24.2. The quantitative estimate of drug-likeness (QED) is 0.0900. The maximum absolute atomic E-state index is 13.1. The topological polar surface area (TPSA) is 144 Å². The van der Waals surface area contributed by atoms with Gasteiger partial charge in [-0.05, 0) is 54.5 Å². The Balaban J connectivity index is 1.22. The van der Waals surface area contributed by atoms with Crippen LogP contribution in [0.2, 0.25) is 5.15 Å². The lowest BCUT2D eigenvalue weighted by atomic mass is 9.90. The molecule has 1 aromatic carbocycles. The number of unbranched alkanes of at least 4 members (excludes halogenated alkanes) is 1. The van der Waals surface area contributed by atoms with E-state index in [0.29, 0.717) is 25.3 Å². The molecule has 0 amide bonds. The van der Waals surface area contributed by atoms with Crippen LogP contribution in [0.3, 0.4) is 0 Å². The Morgan fingerprint density at radius 1 is 1.30 bits per heavy atom. The molecular formula is C30H37ClN8O4. The number of aliphatic hydroxyl groups excluding tert-OH is 1. The number of aromatic nitrogens is 6. The van der Waals surface area contributed by atoms with Gasteiger partial charge in [-0.1, -0.05) is 72.6 Å². The van der Waals surface area contributed by atoms with Gasteiger partial charge >= 0.3 is 5.97 Å². The van der Waals surface area contributed by atoms with Gasteiger partial charge in [-0.25, -0.2) is 9.78 Å². The summed E-state index contributed by atoms with van der Waals surface area (Å²) in [6.45, 7) is 3.89. The first-order valence-electron chi connectivity index (χ1n) is 14.7. The maximum Gasteiger partial charge on any atom is 0.361 e. The van der Waals surface area contributed by atoms with Gasteiger partial charge < -0.3 is 19.2 Å². The van der Waals surface area contributed by atoms with Crippen LogP contribution >= 0.6 is 11.6 Å². The van der Waals surface area contributed by atoms with Crippen LogP contribution in [0.5, 0.6) is 0 Å². The minimum atomic E-state index is -0.611. The van der Waals surface area contributed by atoms with Gasteiger partial charge in [-0.3, -0.25) is 4.90 Å². The number of likely N-dealkylation sites (tertiary alicyclic amines) is 1. The summed E-state index contributed by atoms with van der Waals surface area (Å²) in [6, 6.07) is 8.11. The number of nitrogens with zero attached hydrogens (tertiary/aromatic N) is 7. The lowest BCUT2D eigenvalue weighted by Crippen LogP contribution is -2.33. The highest BCUT2D eigenvalue weighted by atomic mass is 35.5. The predicted molar refractivity (Wildman–Crippen MR) is 162 cm³/mol. The molecule has 0 saturated carbocycles. The summed E-state index contributed by atoms with van der Waals surface area (Å²) < 4.78 is 7.25. The van der Waals surface area contributed by atoms with Gasteiger partial charge in [-0.2, -0.15) is 5.21 Å². The number of oxime groups is 1. The van der Waals surface area contributed by atoms with E-state index >= 15 is 0 Å². The van der Waals surface area contributed by atoms with Crippen molar-refractivity contribution in [3.8, 4) is 11.4 Å². The number of imidazole rings is 1. The van der Waals surface area contributed by atoms with E-state index in [1.165, 1.54) is 0 Å². The number of hydrogen-bond acceptors (Lipinski definition) is 10. The van der Waals surface area contributed by atoms with Crippen molar-refractivity contribution in [1.29, 1.82) is 0 Å². The molecule has 2 aliphatic rings. The number of tetrazole rings is 1. The Morgan fingerprint density at radius 3 is 2.91 bits per heavy atom. The van der Waals surface area contributed by atoms with E-state index < -0.39 is 5.97 Å². The number of aromatic amines is 1. The summed E-state index contributed by atoms with van der Waals surface area (Å²) in [5, 5.41) is 27.9. The first-order valence-corrected chi connectivity index (χ1v) is 15.1. The monoisotopic (exact) mass is 608 g/mol. The Kier molecular flexibility index (Phi) is 10.7. The van der Waals surface area contributed by atoms with Crippen LogP contribution in [-0.2, 0) is 22.5 Å². The predicted octanol–water partition coefficient (Wildman–Crippen LogP) is 4.29. The second-order valence-electron chi connectivity index (χ2n) is 10.6. The summed E-state index contributed by atoms with van der Waals surface area (Å²) >= 11 is 6.50. The summed E-state index contributed by atoms with van der Waals surface area (Å²) in [5.41, 5.74) is 3.21. The van der Waals surface area contributed by atoms with Crippen LogP contribution in [0.4, 0.5) is 0 Å². The molecule has 0 radical (unpaired) electrons. The summed E-state index contributed by atoms with van der Waals surface area (Å²) in [5.74, 6) is 0.806. The van der Waals surface area contributed by atoms with E-state index in [9.17, 15) is 9.90 Å². The highest BCUT2D eigenvalue weighted by Gasteiger charge is 2.26. The molecule has 12 nitrogen and oxygen atoms in total. The molecule has 3 aromatic rings. The molecular weight excluding hydrogens is 572 g/mol. The van der Waals surface area contributed by atoms with Crippen molar-refractivity contribution in [2.45, 2.75) is 58.0 Å². The molecule has 43 heavy (non-hydrogen) atoms. The molecule has 1 aliphatic heterocycles. The molecule has 0 spiro atoms. The van der Waals surface area contributed by atoms with E-state index in [-0.39, 0.29) is 36.2 Å². The van der Waals surface area contributed by atoms with E-state index in [4.69, 9.17) is 21.2 Å². The molecule has 13 heteroatoms. The standard InChI is InChI=1S/C30H37ClN8O4/c1-2-3-10-26-33-28(31)27(30(41)42-20-43-32-15-17-38-16-6-7-23(38)19-40)39(26)18-21-11-13-22(14-12-21)24-8-4-5-9-25(24)29-34-36-37-35-29/h4-5,8-9,11,13-15,21,23,40H,2-3,6-7,10,12,16-20H2,1H3,(H,34,35,36,37)/b32-15+. The van der Waals surface area contributed by atoms with Gasteiger partial charge in [0.05, 0.1) is 12.8 Å². The Labute approximate surface area is 255 Å². The van der Waals surface area contributed by atoms with Crippen molar-refractivity contribution in [2.75, 3.05) is 26.5 Å².